The Morgan fingerprint density at radius 3 is 1.09 bits per heavy atom. The summed E-state index contributed by atoms with van der Waals surface area (Å²) >= 11 is 5.09. The van der Waals surface area contributed by atoms with Crippen LogP contribution in [0.4, 0.5) is 0 Å². The maximum atomic E-state index is 13.9. The van der Waals surface area contributed by atoms with Gasteiger partial charge < -0.3 is 0 Å². The Labute approximate surface area is 310 Å². The van der Waals surface area contributed by atoms with Gasteiger partial charge in [-0.15, -0.1) is 0 Å². The standard InChI is InChI=1S/2C12H24O2S.2C8H17.Sn/c2*1-10(2)7-5-3-4-6-8-11(9-15)12(13)14;2*1-3-5-7-8-6-4-2;/h2*10-11,15H,3-9H2,1-2H3,(H,13,14);2*1,3-8H2,2H3;/q;;;;+2/p-2. The SMILES string of the molecule is CCCCCCC[CH2][Sn]([CH2]CCCCCCC)([O]C(=O)C(CS)CCCCCCC(C)C)[O]C(=O)C(CS)CCCCCCC(C)C. The number of carbonyl (C=O) groups excluding carboxylic acids is 2. The summed E-state index contributed by atoms with van der Waals surface area (Å²) in [6, 6.07) is 0. The van der Waals surface area contributed by atoms with Gasteiger partial charge in [0.25, 0.3) is 0 Å². The molecule has 0 heterocycles. The molecule has 0 spiro atoms. The van der Waals surface area contributed by atoms with Crippen molar-refractivity contribution in [2.75, 3.05) is 11.5 Å². The number of rotatable bonds is 34. The number of hydrogen-bond acceptors (Lipinski definition) is 6. The molecule has 280 valence electrons. The summed E-state index contributed by atoms with van der Waals surface area (Å²) in [6.45, 7) is 13.6. The first-order chi connectivity index (χ1) is 22.6. The van der Waals surface area contributed by atoms with Crippen LogP contribution in [-0.2, 0) is 15.7 Å². The second kappa shape index (κ2) is 32.4. The van der Waals surface area contributed by atoms with Gasteiger partial charge >= 0.3 is 312 Å². The van der Waals surface area contributed by atoms with Crippen LogP contribution in [0.25, 0.3) is 0 Å². The average molecular weight is 808 g/mol. The van der Waals surface area contributed by atoms with Crippen molar-refractivity contribution in [3.05, 3.63) is 0 Å². The summed E-state index contributed by atoms with van der Waals surface area (Å²) < 4.78 is 14.9. The normalized spacial score (nSPS) is 13.3. The molecule has 0 aliphatic heterocycles. The number of thiol groups is 2. The molecule has 0 saturated heterocycles. The van der Waals surface area contributed by atoms with Gasteiger partial charge in [0.2, 0.25) is 0 Å². The third kappa shape index (κ3) is 26.9. The fourth-order valence-corrected chi connectivity index (χ4v) is 16.6. The Kier molecular flexibility index (Phi) is 32.7. The van der Waals surface area contributed by atoms with Crippen molar-refractivity contribution in [3.63, 3.8) is 0 Å². The zero-order valence-electron chi connectivity index (χ0n) is 32.1. The Morgan fingerprint density at radius 2 is 0.766 bits per heavy atom. The van der Waals surface area contributed by atoms with Gasteiger partial charge in [-0.05, 0) is 0 Å². The fourth-order valence-electron chi connectivity index (χ4n) is 6.39. The Bertz CT molecular complexity index is 673. The molecular weight excluding hydrogens is 727 g/mol. The first kappa shape index (κ1) is 47.4. The summed E-state index contributed by atoms with van der Waals surface area (Å²) in [4.78, 5) is 27.7. The summed E-state index contributed by atoms with van der Waals surface area (Å²) in [5.41, 5.74) is 0. The predicted molar refractivity (Wildman–Crippen MR) is 214 cm³/mol. The first-order valence-electron chi connectivity index (χ1n) is 20.3. The van der Waals surface area contributed by atoms with Crippen molar-refractivity contribution >= 4 is 56.4 Å². The van der Waals surface area contributed by atoms with Gasteiger partial charge in [-0.3, -0.25) is 0 Å². The van der Waals surface area contributed by atoms with Crippen LogP contribution in [0.5, 0.6) is 0 Å². The first-order valence-corrected chi connectivity index (χ1v) is 27.9. The topological polar surface area (TPSA) is 52.6 Å². The molecule has 0 radical (unpaired) electrons. The molecule has 0 aliphatic rings. The van der Waals surface area contributed by atoms with Crippen molar-refractivity contribution in [2.45, 2.75) is 205 Å². The van der Waals surface area contributed by atoms with Crippen LogP contribution in [0.2, 0.25) is 8.87 Å². The Hall–Kier alpha value is 0.439. The van der Waals surface area contributed by atoms with Crippen molar-refractivity contribution in [1.82, 2.24) is 0 Å². The van der Waals surface area contributed by atoms with E-state index in [0.29, 0.717) is 11.5 Å². The van der Waals surface area contributed by atoms with Crippen LogP contribution in [-0.4, -0.2) is 42.6 Å². The van der Waals surface area contributed by atoms with Gasteiger partial charge in [-0.2, -0.15) is 0 Å². The van der Waals surface area contributed by atoms with Gasteiger partial charge in [0.1, 0.15) is 0 Å². The molecule has 0 bridgehead atoms. The van der Waals surface area contributed by atoms with E-state index in [-0.39, 0.29) is 23.8 Å². The number of carbonyl (C=O) groups is 2. The quantitative estimate of drug-likeness (QED) is 0.0386. The number of unbranched alkanes of at least 4 members (excludes halogenated alkanes) is 16. The van der Waals surface area contributed by atoms with Crippen LogP contribution in [0.1, 0.15) is 196 Å². The molecule has 0 amide bonds. The summed E-state index contributed by atoms with van der Waals surface area (Å²) in [6.07, 6.45) is 27.5. The van der Waals surface area contributed by atoms with E-state index >= 15 is 0 Å². The van der Waals surface area contributed by atoms with E-state index in [0.717, 1.165) is 84.9 Å². The molecule has 7 heteroatoms. The molecule has 0 aromatic heterocycles. The van der Waals surface area contributed by atoms with E-state index in [1.807, 2.05) is 0 Å². The van der Waals surface area contributed by atoms with Crippen molar-refractivity contribution in [3.8, 4) is 0 Å². The van der Waals surface area contributed by atoms with Crippen LogP contribution < -0.4 is 0 Å². The van der Waals surface area contributed by atoms with E-state index in [2.05, 4.69) is 66.8 Å². The molecule has 0 rings (SSSR count). The minimum atomic E-state index is -4.12. The molecule has 0 aliphatic carbocycles. The zero-order valence-corrected chi connectivity index (χ0v) is 36.8. The molecule has 0 N–H and O–H groups in total. The van der Waals surface area contributed by atoms with Crippen LogP contribution in [0.3, 0.4) is 0 Å². The molecule has 2 unspecified atom stereocenters. The van der Waals surface area contributed by atoms with Crippen LogP contribution >= 0.6 is 25.3 Å². The monoisotopic (exact) mass is 808 g/mol. The fraction of sp³-hybridized carbons (Fsp3) is 0.950. The van der Waals surface area contributed by atoms with E-state index in [1.54, 1.807) is 0 Å². The zero-order chi connectivity index (χ0) is 35.2. The van der Waals surface area contributed by atoms with Crippen molar-refractivity contribution in [2.24, 2.45) is 23.7 Å². The minimum absolute atomic E-state index is 0.143. The van der Waals surface area contributed by atoms with E-state index < -0.39 is 19.2 Å². The molecule has 0 aromatic rings. The van der Waals surface area contributed by atoms with E-state index in [1.165, 1.54) is 89.9 Å². The summed E-state index contributed by atoms with van der Waals surface area (Å²) in [5.74, 6) is 1.74. The molecule has 47 heavy (non-hydrogen) atoms. The van der Waals surface area contributed by atoms with Gasteiger partial charge in [0.05, 0.1) is 0 Å². The van der Waals surface area contributed by atoms with Crippen LogP contribution in [0.15, 0.2) is 0 Å². The van der Waals surface area contributed by atoms with Gasteiger partial charge in [0.15, 0.2) is 0 Å². The molecule has 0 aromatic carbocycles. The predicted octanol–water partition coefficient (Wildman–Crippen LogP) is 13.3. The molecule has 2 atom stereocenters. The average Bonchev–Trinajstić information content (AvgIpc) is 3.03. The van der Waals surface area contributed by atoms with Crippen molar-refractivity contribution < 1.29 is 15.7 Å². The maximum absolute atomic E-state index is 13.9. The molecule has 0 saturated carbocycles. The molecule has 0 fully saturated rings. The Morgan fingerprint density at radius 1 is 0.468 bits per heavy atom. The van der Waals surface area contributed by atoms with Gasteiger partial charge in [-0.1, -0.05) is 0 Å². The van der Waals surface area contributed by atoms with Gasteiger partial charge in [0, 0.05) is 0 Å². The summed E-state index contributed by atoms with van der Waals surface area (Å²) in [7, 11) is 0. The Balaban J connectivity index is 5.72. The second-order valence-corrected chi connectivity index (χ2v) is 25.3. The molecular formula is C40H80O4S2Sn. The number of hydrogen-bond donors (Lipinski definition) is 2. The third-order valence-corrected chi connectivity index (χ3v) is 20.2. The summed E-state index contributed by atoms with van der Waals surface area (Å²) in [5, 5.41) is 0. The van der Waals surface area contributed by atoms with Crippen molar-refractivity contribution in [1.29, 1.82) is 0 Å². The van der Waals surface area contributed by atoms with Crippen LogP contribution in [0, 0.1) is 23.7 Å². The second-order valence-electron chi connectivity index (χ2n) is 15.3. The third-order valence-electron chi connectivity index (χ3n) is 9.67. The molecule has 4 nitrogen and oxygen atoms in total. The van der Waals surface area contributed by atoms with E-state index in [4.69, 9.17) is 6.15 Å². The van der Waals surface area contributed by atoms with E-state index in [9.17, 15) is 9.59 Å². The van der Waals surface area contributed by atoms with Gasteiger partial charge in [-0.25, -0.2) is 0 Å².